The second kappa shape index (κ2) is 8.53. The summed E-state index contributed by atoms with van der Waals surface area (Å²) in [7, 11) is 0. The highest BCUT2D eigenvalue weighted by molar-refractivity contribution is 5.94. The van der Waals surface area contributed by atoms with Crippen LogP contribution >= 0.6 is 0 Å². The van der Waals surface area contributed by atoms with Crippen LogP contribution in [0, 0.1) is 0 Å². The highest BCUT2D eigenvalue weighted by Gasteiger charge is 2.18. The Morgan fingerprint density at radius 1 is 0.968 bits per heavy atom. The number of amides is 1. The molecule has 0 radical (unpaired) electrons. The first-order chi connectivity index (χ1) is 15.2. The van der Waals surface area contributed by atoms with Gasteiger partial charge in [0, 0.05) is 24.2 Å². The van der Waals surface area contributed by atoms with E-state index in [2.05, 4.69) is 32.2 Å². The van der Waals surface area contributed by atoms with E-state index in [0.717, 1.165) is 60.9 Å². The highest BCUT2D eigenvalue weighted by atomic mass is 16.5. The maximum absolute atomic E-state index is 12.6. The van der Waals surface area contributed by atoms with Crippen molar-refractivity contribution >= 4 is 11.6 Å². The molecule has 0 saturated carbocycles. The predicted molar refractivity (Wildman–Crippen MR) is 120 cm³/mol. The summed E-state index contributed by atoms with van der Waals surface area (Å²) < 4.78 is 8.13. The van der Waals surface area contributed by atoms with Crippen molar-refractivity contribution in [3.05, 3.63) is 59.4 Å². The number of carbonyl (C=O) groups excluding carboxylic acids is 1. The molecule has 31 heavy (non-hydrogen) atoms. The summed E-state index contributed by atoms with van der Waals surface area (Å²) in [5.41, 5.74) is 4.50. The van der Waals surface area contributed by atoms with Gasteiger partial charge >= 0.3 is 0 Å². The summed E-state index contributed by atoms with van der Waals surface area (Å²) in [4.78, 5) is 12.6. The van der Waals surface area contributed by atoms with Crippen LogP contribution < -0.4 is 10.1 Å². The predicted octanol–water partition coefficient (Wildman–Crippen LogP) is 4.57. The van der Waals surface area contributed by atoms with E-state index in [-0.39, 0.29) is 5.91 Å². The zero-order valence-corrected chi connectivity index (χ0v) is 17.9. The Labute approximate surface area is 182 Å². The summed E-state index contributed by atoms with van der Waals surface area (Å²) in [5, 5.41) is 11.7. The molecule has 6 nitrogen and oxygen atoms in total. The van der Waals surface area contributed by atoms with E-state index in [1.807, 2.05) is 30.3 Å². The zero-order chi connectivity index (χ0) is 21.2. The molecule has 2 aliphatic rings. The molecule has 1 aromatic heterocycles. The molecule has 0 bridgehead atoms. The van der Waals surface area contributed by atoms with Gasteiger partial charge in [-0.25, -0.2) is 0 Å². The Bertz CT molecular complexity index is 1090. The number of benzene rings is 2. The number of aryl methyl sites for hydroxylation is 3. The van der Waals surface area contributed by atoms with E-state index in [1.165, 1.54) is 30.4 Å². The van der Waals surface area contributed by atoms with Gasteiger partial charge in [0.1, 0.15) is 11.6 Å². The van der Waals surface area contributed by atoms with Crippen LogP contribution in [-0.2, 0) is 30.6 Å². The van der Waals surface area contributed by atoms with Gasteiger partial charge in [-0.05, 0) is 86.6 Å². The standard InChI is InChI=1S/C25H28N4O2/c1-17(31-22-14-11-18-6-5-7-20(18)16-22)25(30)26-21-12-9-19(10-13-21)24-28-27-23-8-3-2-4-15-29(23)24/h9-14,16-17H,2-8,15H2,1H3,(H,26,30). The van der Waals surface area contributed by atoms with Crippen LogP contribution in [0.5, 0.6) is 5.75 Å². The van der Waals surface area contributed by atoms with Crippen molar-refractivity contribution in [3.63, 3.8) is 0 Å². The monoisotopic (exact) mass is 416 g/mol. The van der Waals surface area contributed by atoms with Gasteiger partial charge in [-0.1, -0.05) is 12.5 Å². The molecule has 0 saturated heterocycles. The van der Waals surface area contributed by atoms with Crippen LogP contribution in [-0.4, -0.2) is 26.8 Å². The lowest BCUT2D eigenvalue weighted by molar-refractivity contribution is -0.122. The fourth-order valence-corrected chi connectivity index (χ4v) is 4.52. The van der Waals surface area contributed by atoms with Crippen molar-refractivity contribution < 1.29 is 9.53 Å². The number of rotatable bonds is 5. The Morgan fingerprint density at radius 3 is 2.68 bits per heavy atom. The molecule has 1 N–H and O–H groups in total. The van der Waals surface area contributed by atoms with Gasteiger partial charge in [-0.15, -0.1) is 10.2 Å². The van der Waals surface area contributed by atoms with Crippen molar-refractivity contribution in [1.82, 2.24) is 14.8 Å². The average molecular weight is 417 g/mol. The molecular formula is C25H28N4O2. The Morgan fingerprint density at radius 2 is 1.81 bits per heavy atom. The summed E-state index contributed by atoms with van der Waals surface area (Å²) in [6.07, 6.45) is 7.41. The number of ether oxygens (including phenoxy) is 1. The van der Waals surface area contributed by atoms with Crippen LogP contribution in [0.15, 0.2) is 42.5 Å². The largest absolute Gasteiger partial charge is 0.481 e. The van der Waals surface area contributed by atoms with E-state index in [0.29, 0.717) is 0 Å². The number of carbonyl (C=O) groups is 1. The average Bonchev–Trinajstić information content (AvgIpc) is 3.34. The lowest BCUT2D eigenvalue weighted by Gasteiger charge is -2.16. The molecule has 6 heteroatoms. The fraction of sp³-hybridized carbons (Fsp3) is 0.400. The van der Waals surface area contributed by atoms with Crippen LogP contribution in [0.1, 0.15) is 49.6 Å². The minimum absolute atomic E-state index is 0.162. The first kappa shape index (κ1) is 19.8. The molecule has 2 aromatic carbocycles. The normalized spacial score (nSPS) is 16.2. The molecule has 1 aliphatic carbocycles. The minimum atomic E-state index is -0.577. The number of hydrogen-bond donors (Lipinski definition) is 1. The number of fused-ring (bicyclic) bond motifs is 2. The van der Waals surface area contributed by atoms with E-state index < -0.39 is 6.10 Å². The first-order valence-electron chi connectivity index (χ1n) is 11.3. The molecule has 1 amide bonds. The Balaban J connectivity index is 1.23. The SMILES string of the molecule is CC(Oc1ccc2c(c1)CCC2)C(=O)Nc1ccc(-c2nnc3n2CCCCC3)cc1. The summed E-state index contributed by atoms with van der Waals surface area (Å²) in [5.74, 6) is 2.57. The second-order valence-electron chi connectivity index (χ2n) is 8.51. The lowest BCUT2D eigenvalue weighted by atomic mass is 10.1. The van der Waals surface area contributed by atoms with Gasteiger partial charge in [-0.2, -0.15) is 0 Å². The minimum Gasteiger partial charge on any atom is -0.481 e. The molecule has 1 unspecified atom stereocenters. The second-order valence-corrected chi connectivity index (χ2v) is 8.51. The van der Waals surface area contributed by atoms with E-state index in [4.69, 9.17) is 4.74 Å². The third-order valence-corrected chi connectivity index (χ3v) is 6.27. The Kier molecular flexibility index (Phi) is 5.45. The van der Waals surface area contributed by atoms with Crippen molar-refractivity contribution in [2.75, 3.05) is 5.32 Å². The molecule has 3 aromatic rings. The third-order valence-electron chi connectivity index (χ3n) is 6.27. The van der Waals surface area contributed by atoms with Gasteiger partial charge in [0.25, 0.3) is 5.91 Å². The Hall–Kier alpha value is -3.15. The summed E-state index contributed by atoms with van der Waals surface area (Å²) >= 11 is 0. The van der Waals surface area contributed by atoms with Crippen molar-refractivity contribution in [3.8, 4) is 17.1 Å². The fourth-order valence-electron chi connectivity index (χ4n) is 4.52. The van der Waals surface area contributed by atoms with Crippen LogP contribution in [0.25, 0.3) is 11.4 Å². The molecule has 5 rings (SSSR count). The van der Waals surface area contributed by atoms with E-state index in [1.54, 1.807) is 6.92 Å². The maximum Gasteiger partial charge on any atom is 0.265 e. The van der Waals surface area contributed by atoms with Crippen molar-refractivity contribution in [1.29, 1.82) is 0 Å². The van der Waals surface area contributed by atoms with Gasteiger partial charge in [0.05, 0.1) is 0 Å². The van der Waals surface area contributed by atoms with Gasteiger partial charge in [-0.3, -0.25) is 4.79 Å². The third kappa shape index (κ3) is 4.20. The highest BCUT2D eigenvalue weighted by Crippen LogP contribution is 2.27. The van der Waals surface area contributed by atoms with Gasteiger partial charge in [0.2, 0.25) is 0 Å². The van der Waals surface area contributed by atoms with Gasteiger partial charge < -0.3 is 14.6 Å². The number of nitrogens with one attached hydrogen (secondary N) is 1. The lowest BCUT2D eigenvalue weighted by Crippen LogP contribution is -2.30. The smallest absolute Gasteiger partial charge is 0.265 e. The van der Waals surface area contributed by atoms with Crippen LogP contribution in [0.4, 0.5) is 5.69 Å². The van der Waals surface area contributed by atoms with Crippen LogP contribution in [0.3, 0.4) is 0 Å². The maximum atomic E-state index is 12.6. The quantitative estimate of drug-likeness (QED) is 0.662. The molecule has 1 aliphatic heterocycles. The topological polar surface area (TPSA) is 69.0 Å². The van der Waals surface area contributed by atoms with E-state index in [9.17, 15) is 4.79 Å². The molecule has 160 valence electrons. The van der Waals surface area contributed by atoms with Crippen LogP contribution in [0.2, 0.25) is 0 Å². The van der Waals surface area contributed by atoms with Crippen molar-refractivity contribution in [2.24, 2.45) is 0 Å². The van der Waals surface area contributed by atoms with E-state index >= 15 is 0 Å². The van der Waals surface area contributed by atoms with Gasteiger partial charge in [0.15, 0.2) is 11.9 Å². The summed E-state index contributed by atoms with van der Waals surface area (Å²) in [6, 6.07) is 14.0. The number of anilines is 1. The zero-order valence-electron chi connectivity index (χ0n) is 17.9. The van der Waals surface area contributed by atoms with Crippen molar-refractivity contribution in [2.45, 2.75) is 64.5 Å². The molecule has 0 spiro atoms. The molecule has 0 fully saturated rings. The molecule has 2 heterocycles. The summed E-state index contributed by atoms with van der Waals surface area (Å²) in [6.45, 7) is 2.75. The number of hydrogen-bond acceptors (Lipinski definition) is 4. The first-order valence-corrected chi connectivity index (χ1v) is 11.3. The molecular weight excluding hydrogens is 388 g/mol. The number of aromatic nitrogens is 3. The number of nitrogens with zero attached hydrogens (tertiary/aromatic N) is 3. The molecule has 1 atom stereocenters.